The second-order valence-corrected chi connectivity index (χ2v) is 4.46. The van der Waals surface area contributed by atoms with E-state index in [1.807, 2.05) is 6.92 Å². The molecule has 5 nitrogen and oxygen atoms in total. The first kappa shape index (κ1) is 15.3. The normalized spacial score (nSPS) is 13.8. The fourth-order valence-electron chi connectivity index (χ4n) is 1.96. The van der Waals surface area contributed by atoms with Crippen LogP contribution in [-0.2, 0) is 4.79 Å². The first-order chi connectivity index (χ1) is 9.01. The maximum atomic E-state index is 11.2. The van der Waals surface area contributed by atoms with E-state index in [-0.39, 0.29) is 11.5 Å². The fourth-order valence-corrected chi connectivity index (χ4v) is 1.96. The zero-order valence-electron chi connectivity index (χ0n) is 11.2. The summed E-state index contributed by atoms with van der Waals surface area (Å²) in [5, 5.41) is 28.9. The van der Waals surface area contributed by atoms with Crippen LogP contribution < -0.4 is 4.74 Å². The summed E-state index contributed by atoms with van der Waals surface area (Å²) >= 11 is 0. The molecule has 0 fully saturated rings. The van der Waals surface area contributed by atoms with Crippen LogP contribution in [0.2, 0.25) is 0 Å². The quantitative estimate of drug-likeness (QED) is 0.706. The molecule has 0 amide bonds. The van der Waals surface area contributed by atoms with E-state index in [4.69, 9.17) is 9.84 Å². The molecule has 0 heterocycles. The van der Waals surface area contributed by atoms with Gasteiger partial charge in [-0.1, -0.05) is 25.8 Å². The Hall–Kier alpha value is -1.75. The molecule has 2 atom stereocenters. The molecule has 0 aliphatic heterocycles. The van der Waals surface area contributed by atoms with Gasteiger partial charge in [-0.2, -0.15) is 0 Å². The molecule has 0 aliphatic rings. The number of phenolic OH excluding ortho intramolecular Hbond substituents is 1. The Balaban J connectivity index is 2.92. The Morgan fingerprint density at radius 3 is 2.58 bits per heavy atom. The molecule has 0 saturated heterocycles. The molecule has 0 aliphatic carbocycles. The number of phenols is 1. The maximum Gasteiger partial charge on any atom is 0.309 e. The Morgan fingerprint density at radius 2 is 2.11 bits per heavy atom. The van der Waals surface area contributed by atoms with Crippen molar-refractivity contribution in [2.45, 2.75) is 32.3 Å². The Kier molecular flexibility index (Phi) is 5.63. The summed E-state index contributed by atoms with van der Waals surface area (Å²) in [5.41, 5.74) is 0.377. The molecule has 1 aromatic rings. The highest BCUT2D eigenvalue weighted by Gasteiger charge is 2.27. The number of aromatic hydroxyl groups is 1. The lowest BCUT2D eigenvalue weighted by atomic mass is 9.91. The highest BCUT2D eigenvalue weighted by Crippen LogP contribution is 2.33. The summed E-state index contributed by atoms with van der Waals surface area (Å²) in [5.74, 6) is -1.72. The van der Waals surface area contributed by atoms with Crippen molar-refractivity contribution in [1.82, 2.24) is 0 Å². The van der Waals surface area contributed by atoms with E-state index in [9.17, 15) is 15.0 Å². The summed E-state index contributed by atoms with van der Waals surface area (Å²) in [7, 11) is 1.42. The minimum atomic E-state index is -1.14. The number of aliphatic hydroxyl groups excluding tert-OH is 1. The van der Waals surface area contributed by atoms with E-state index in [1.165, 1.54) is 19.2 Å². The highest BCUT2D eigenvalue weighted by molar-refractivity contribution is 5.71. The van der Waals surface area contributed by atoms with Crippen molar-refractivity contribution in [2.75, 3.05) is 7.11 Å². The molecule has 19 heavy (non-hydrogen) atoms. The van der Waals surface area contributed by atoms with E-state index in [2.05, 4.69) is 0 Å². The fraction of sp³-hybridized carbons (Fsp3) is 0.500. The number of aliphatic hydroxyl groups is 1. The first-order valence-corrected chi connectivity index (χ1v) is 6.29. The number of ether oxygens (including phenoxy) is 1. The van der Waals surface area contributed by atoms with Gasteiger partial charge in [0, 0.05) is 0 Å². The average Bonchev–Trinajstić information content (AvgIpc) is 2.38. The SMILES string of the molecule is CCCCC(C(=O)O)C(O)c1ccc(OC)c(O)c1. The number of carboxylic acids is 1. The number of benzene rings is 1. The van der Waals surface area contributed by atoms with Gasteiger partial charge in [-0.15, -0.1) is 0 Å². The molecule has 0 spiro atoms. The molecule has 0 saturated carbocycles. The van der Waals surface area contributed by atoms with E-state index in [1.54, 1.807) is 6.07 Å². The van der Waals surface area contributed by atoms with Crippen LogP contribution in [0.15, 0.2) is 18.2 Å². The summed E-state index contributed by atoms with van der Waals surface area (Å²) < 4.78 is 4.90. The number of carbonyl (C=O) groups is 1. The van der Waals surface area contributed by atoms with Crippen molar-refractivity contribution in [2.24, 2.45) is 5.92 Å². The van der Waals surface area contributed by atoms with Gasteiger partial charge in [-0.25, -0.2) is 0 Å². The van der Waals surface area contributed by atoms with Crippen LogP contribution in [0.3, 0.4) is 0 Å². The summed E-state index contributed by atoms with van der Waals surface area (Å²) in [6.07, 6.45) is 0.862. The van der Waals surface area contributed by atoms with Crippen molar-refractivity contribution < 1.29 is 24.9 Å². The number of hydrogen-bond acceptors (Lipinski definition) is 4. The predicted molar refractivity (Wildman–Crippen MR) is 70.3 cm³/mol. The van der Waals surface area contributed by atoms with Crippen molar-refractivity contribution in [3.63, 3.8) is 0 Å². The van der Waals surface area contributed by atoms with E-state index < -0.39 is 18.0 Å². The smallest absolute Gasteiger partial charge is 0.309 e. The number of rotatable bonds is 7. The zero-order valence-corrected chi connectivity index (χ0v) is 11.2. The molecular formula is C14H20O5. The molecule has 1 aromatic carbocycles. The minimum Gasteiger partial charge on any atom is -0.504 e. The second-order valence-electron chi connectivity index (χ2n) is 4.46. The number of carboxylic acid groups (broad SMARTS) is 1. The van der Waals surface area contributed by atoms with E-state index >= 15 is 0 Å². The van der Waals surface area contributed by atoms with Crippen LogP contribution in [0.1, 0.15) is 37.9 Å². The van der Waals surface area contributed by atoms with Crippen LogP contribution in [0.25, 0.3) is 0 Å². The van der Waals surface area contributed by atoms with Gasteiger partial charge in [0.1, 0.15) is 0 Å². The number of unbranched alkanes of at least 4 members (excludes halogenated alkanes) is 1. The minimum absolute atomic E-state index is 0.112. The van der Waals surface area contributed by atoms with Crippen LogP contribution >= 0.6 is 0 Å². The third-order valence-electron chi connectivity index (χ3n) is 3.11. The molecule has 1 rings (SSSR count). The van der Waals surface area contributed by atoms with Crippen LogP contribution in [0, 0.1) is 5.92 Å². The van der Waals surface area contributed by atoms with Crippen molar-refractivity contribution in [1.29, 1.82) is 0 Å². The van der Waals surface area contributed by atoms with Crippen molar-refractivity contribution >= 4 is 5.97 Å². The highest BCUT2D eigenvalue weighted by atomic mass is 16.5. The summed E-state index contributed by atoms with van der Waals surface area (Å²) in [4.78, 5) is 11.2. The van der Waals surface area contributed by atoms with Gasteiger partial charge in [-0.3, -0.25) is 4.79 Å². The monoisotopic (exact) mass is 268 g/mol. The van der Waals surface area contributed by atoms with Gasteiger partial charge in [0.15, 0.2) is 11.5 Å². The number of methoxy groups -OCH3 is 1. The third-order valence-corrected chi connectivity index (χ3v) is 3.11. The molecular weight excluding hydrogens is 248 g/mol. The summed E-state index contributed by atoms with van der Waals surface area (Å²) in [6, 6.07) is 4.41. The van der Waals surface area contributed by atoms with Crippen LogP contribution in [0.5, 0.6) is 11.5 Å². The van der Waals surface area contributed by atoms with Crippen molar-refractivity contribution in [3.05, 3.63) is 23.8 Å². The molecule has 0 radical (unpaired) electrons. The Bertz CT molecular complexity index is 430. The van der Waals surface area contributed by atoms with E-state index in [0.29, 0.717) is 12.0 Å². The lowest BCUT2D eigenvalue weighted by Crippen LogP contribution is -2.22. The Morgan fingerprint density at radius 1 is 1.42 bits per heavy atom. The maximum absolute atomic E-state index is 11.2. The molecule has 5 heteroatoms. The molecule has 0 bridgehead atoms. The lowest BCUT2D eigenvalue weighted by molar-refractivity contribution is -0.146. The van der Waals surface area contributed by atoms with Crippen LogP contribution in [-0.4, -0.2) is 28.4 Å². The topological polar surface area (TPSA) is 87.0 Å². The first-order valence-electron chi connectivity index (χ1n) is 6.29. The van der Waals surface area contributed by atoms with Crippen molar-refractivity contribution in [3.8, 4) is 11.5 Å². The zero-order chi connectivity index (χ0) is 14.4. The second kappa shape index (κ2) is 6.99. The summed E-state index contributed by atoms with van der Waals surface area (Å²) in [6.45, 7) is 1.96. The molecule has 0 aromatic heterocycles. The molecule has 2 unspecified atom stereocenters. The average molecular weight is 268 g/mol. The predicted octanol–water partition coefficient (Wildman–Crippen LogP) is 2.33. The van der Waals surface area contributed by atoms with Crippen LogP contribution in [0.4, 0.5) is 0 Å². The van der Waals surface area contributed by atoms with Gasteiger partial charge in [0.25, 0.3) is 0 Å². The van der Waals surface area contributed by atoms with Gasteiger partial charge >= 0.3 is 5.97 Å². The third kappa shape index (κ3) is 3.86. The van der Waals surface area contributed by atoms with Gasteiger partial charge in [-0.05, 0) is 24.1 Å². The van der Waals surface area contributed by atoms with Gasteiger partial charge in [0.2, 0.25) is 0 Å². The molecule has 3 N–H and O–H groups in total. The number of aliphatic carboxylic acids is 1. The van der Waals surface area contributed by atoms with Gasteiger partial charge in [0.05, 0.1) is 19.1 Å². The lowest BCUT2D eigenvalue weighted by Gasteiger charge is -2.19. The van der Waals surface area contributed by atoms with E-state index in [0.717, 1.165) is 12.8 Å². The number of hydrogen-bond donors (Lipinski definition) is 3. The Labute approximate surface area is 112 Å². The standard InChI is InChI=1S/C14H20O5/c1-3-4-5-10(14(17)18)13(16)9-6-7-12(19-2)11(15)8-9/h6-8,10,13,15-16H,3-5H2,1-2H3,(H,17,18). The largest absolute Gasteiger partial charge is 0.504 e. The molecule has 106 valence electrons. The van der Waals surface area contributed by atoms with Gasteiger partial charge < -0.3 is 20.1 Å².